The van der Waals surface area contributed by atoms with E-state index in [1.54, 1.807) is 12.1 Å². The van der Waals surface area contributed by atoms with Crippen molar-refractivity contribution >= 4 is 17.3 Å². The van der Waals surface area contributed by atoms with E-state index in [-0.39, 0.29) is 10.7 Å². The van der Waals surface area contributed by atoms with Crippen molar-refractivity contribution in [1.82, 2.24) is 4.90 Å². The Morgan fingerprint density at radius 2 is 2.25 bits per heavy atom. The van der Waals surface area contributed by atoms with Gasteiger partial charge in [-0.15, -0.1) is 0 Å². The van der Waals surface area contributed by atoms with Gasteiger partial charge in [0.05, 0.1) is 4.92 Å². The van der Waals surface area contributed by atoms with Crippen LogP contribution in [0.5, 0.6) is 0 Å². The highest BCUT2D eigenvalue weighted by Crippen LogP contribution is 2.30. The summed E-state index contributed by atoms with van der Waals surface area (Å²) in [6, 6.07) is 5.47. The van der Waals surface area contributed by atoms with Gasteiger partial charge in [0.1, 0.15) is 5.02 Å². The summed E-state index contributed by atoms with van der Waals surface area (Å²) >= 11 is 5.83. The Balaban J connectivity index is 2.09. The molecule has 1 saturated carbocycles. The molecule has 1 aliphatic rings. The summed E-state index contributed by atoms with van der Waals surface area (Å²) in [6.07, 6.45) is 3.53. The van der Waals surface area contributed by atoms with Gasteiger partial charge in [-0.2, -0.15) is 0 Å². The molecule has 0 aromatic heterocycles. The van der Waals surface area contributed by atoms with Crippen molar-refractivity contribution in [1.29, 1.82) is 0 Å². The average molecular weight is 298 g/mol. The van der Waals surface area contributed by atoms with Gasteiger partial charge in [0.25, 0.3) is 5.69 Å². The Bertz CT molecular complexity index is 495. The molecule has 0 saturated heterocycles. The number of hydrogen-bond donors (Lipinski definition) is 1. The number of benzene rings is 1. The first-order chi connectivity index (χ1) is 9.52. The number of halogens is 1. The minimum Gasteiger partial charge on any atom is -0.330 e. The van der Waals surface area contributed by atoms with Gasteiger partial charge in [-0.1, -0.05) is 24.1 Å². The standard InChI is InChI=1S/C14H20ClN3O2/c1-17(13-4-2-3-11(13)8-16)9-10-5-6-12(15)14(7-10)18(19)20/h5-7,11,13H,2-4,8-9,16H2,1H3. The van der Waals surface area contributed by atoms with E-state index in [4.69, 9.17) is 17.3 Å². The highest BCUT2D eigenvalue weighted by atomic mass is 35.5. The average Bonchev–Trinajstić information content (AvgIpc) is 2.89. The fourth-order valence-electron chi connectivity index (χ4n) is 3.07. The highest BCUT2D eigenvalue weighted by Gasteiger charge is 2.29. The normalized spacial score (nSPS) is 22.4. The van der Waals surface area contributed by atoms with Crippen LogP contribution in [0.25, 0.3) is 0 Å². The minimum atomic E-state index is -0.440. The second-order valence-electron chi connectivity index (χ2n) is 5.45. The van der Waals surface area contributed by atoms with E-state index in [2.05, 4.69) is 11.9 Å². The lowest BCUT2D eigenvalue weighted by Gasteiger charge is -2.29. The zero-order valence-corrected chi connectivity index (χ0v) is 12.3. The summed E-state index contributed by atoms with van der Waals surface area (Å²) in [5, 5.41) is 11.1. The molecule has 2 N–H and O–H groups in total. The Labute approximate surface area is 123 Å². The van der Waals surface area contributed by atoms with Crippen LogP contribution in [0.15, 0.2) is 18.2 Å². The van der Waals surface area contributed by atoms with Crippen LogP contribution in [0.3, 0.4) is 0 Å². The van der Waals surface area contributed by atoms with Crippen molar-refractivity contribution in [2.24, 2.45) is 11.7 Å². The number of nitrogens with zero attached hydrogens (tertiary/aromatic N) is 2. The Hall–Kier alpha value is -1.17. The third kappa shape index (κ3) is 3.29. The van der Waals surface area contributed by atoms with Crippen molar-refractivity contribution < 1.29 is 4.92 Å². The van der Waals surface area contributed by atoms with Gasteiger partial charge in [-0.25, -0.2) is 0 Å². The molecule has 1 aromatic carbocycles. The Morgan fingerprint density at radius 1 is 1.50 bits per heavy atom. The summed E-state index contributed by atoms with van der Waals surface area (Å²) in [6.45, 7) is 1.38. The maximum atomic E-state index is 10.9. The first-order valence-corrected chi connectivity index (χ1v) is 7.24. The van der Waals surface area contributed by atoms with E-state index in [1.165, 1.54) is 12.8 Å². The molecular formula is C14H20ClN3O2. The van der Waals surface area contributed by atoms with Crippen molar-refractivity contribution in [2.75, 3.05) is 13.6 Å². The van der Waals surface area contributed by atoms with Crippen LogP contribution >= 0.6 is 11.6 Å². The van der Waals surface area contributed by atoms with Gasteiger partial charge < -0.3 is 5.73 Å². The molecular weight excluding hydrogens is 278 g/mol. The highest BCUT2D eigenvalue weighted by molar-refractivity contribution is 6.32. The Morgan fingerprint density at radius 3 is 2.90 bits per heavy atom. The monoisotopic (exact) mass is 297 g/mol. The molecule has 0 spiro atoms. The van der Waals surface area contributed by atoms with Gasteiger partial charge >= 0.3 is 0 Å². The summed E-state index contributed by atoms with van der Waals surface area (Å²) in [7, 11) is 2.05. The second kappa shape index (κ2) is 6.52. The molecule has 1 aromatic rings. The molecule has 0 amide bonds. The van der Waals surface area contributed by atoms with E-state index in [1.807, 2.05) is 6.07 Å². The molecule has 110 valence electrons. The van der Waals surface area contributed by atoms with Gasteiger partial charge in [-0.05, 0) is 44.0 Å². The second-order valence-corrected chi connectivity index (χ2v) is 5.86. The Kier molecular flexibility index (Phi) is 4.96. The third-order valence-corrected chi connectivity index (χ3v) is 4.45. The molecule has 5 nitrogen and oxygen atoms in total. The minimum absolute atomic E-state index is 0.0284. The smallest absolute Gasteiger partial charge is 0.288 e. The van der Waals surface area contributed by atoms with Crippen molar-refractivity contribution in [3.05, 3.63) is 38.9 Å². The fraction of sp³-hybridized carbons (Fsp3) is 0.571. The first-order valence-electron chi connectivity index (χ1n) is 6.86. The van der Waals surface area contributed by atoms with Crippen molar-refractivity contribution in [3.63, 3.8) is 0 Å². The lowest BCUT2D eigenvalue weighted by Crippen LogP contribution is -2.37. The maximum absolute atomic E-state index is 10.9. The molecule has 0 bridgehead atoms. The van der Waals surface area contributed by atoms with Crippen molar-refractivity contribution in [3.8, 4) is 0 Å². The molecule has 1 aliphatic carbocycles. The van der Waals surface area contributed by atoms with E-state index >= 15 is 0 Å². The number of rotatable bonds is 5. The number of nitro benzene ring substituents is 1. The molecule has 2 unspecified atom stereocenters. The summed E-state index contributed by atoms with van der Waals surface area (Å²) in [4.78, 5) is 12.7. The van der Waals surface area contributed by atoms with Gasteiger partial charge in [0.15, 0.2) is 0 Å². The first kappa shape index (κ1) is 15.2. The van der Waals surface area contributed by atoms with Crippen molar-refractivity contribution in [2.45, 2.75) is 31.8 Å². The summed E-state index contributed by atoms with van der Waals surface area (Å²) in [5.74, 6) is 0.530. The van der Waals surface area contributed by atoms with Crippen LogP contribution in [-0.2, 0) is 6.54 Å². The molecule has 0 aliphatic heterocycles. The van der Waals surface area contributed by atoms with E-state index in [9.17, 15) is 10.1 Å². The third-order valence-electron chi connectivity index (χ3n) is 4.13. The molecule has 2 atom stereocenters. The summed E-state index contributed by atoms with van der Waals surface area (Å²) in [5.41, 5.74) is 6.69. The SMILES string of the molecule is CN(Cc1ccc(Cl)c([N+](=O)[O-])c1)C1CCCC1CN. The molecule has 20 heavy (non-hydrogen) atoms. The molecule has 0 radical (unpaired) electrons. The van der Waals surface area contributed by atoms with E-state index in [0.717, 1.165) is 12.0 Å². The van der Waals surface area contributed by atoms with Crippen LogP contribution in [0, 0.1) is 16.0 Å². The fourth-order valence-corrected chi connectivity index (χ4v) is 3.26. The lowest BCUT2D eigenvalue weighted by molar-refractivity contribution is -0.384. The lowest BCUT2D eigenvalue weighted by atomic mass is 10.0. The predicted molar refractivity (Wildman–Crippen MR) is 79.8 cm³/mol. The van der Waals surface area contributed by atoms with Crippen LogP contribution in [0.4, 0.5) is 5.69 Å². The maximum Gasteiger partial charge on any atom is 0.288 e. The van der Waals surface area contributed by atoms with Crippen LogP contribution in [-0.4, -0.2) is 29.5 Å². The number of hydrogen-bond acceptors (Lipinski definition) is 4. The quantitative estimate of drug-likeness (QED) is 0.670. The van der Waals surface area contributed by atoms with Gasteiger partial charge in [0.2, 0.25) is 0 Å². The van der Waals surface area contributed by atoms with E-state index < -0.39 is 4.92 Å². The molecule has 0 heterocycles. The summed E-state index contributed by atoms with van der Waals surface area (Å²) < 4.78 is 0. The topological polar surface area (TPSA) is 72.4 Å². The van der Waals surface area contributed by atoms with Gasteiger partial charge in [0, 0.05) is 18.7 Å². The van der Waals surface area contributed by atoms with Crippen LogP contribution in [0.2, 0.25) is 5.02 Å². The molecule has 1 fully saturated rings. The predicted octanol–water partition coefficient (Wildman–Crippen LogP) is 2.81. The van der Waals surface area contributed by atoms with Crippen LogP contribution < -0.4 is 5.73 Å². The zero-order chi connectivity index (χ0) is 14.7. The van der Waals surface area contributed by atoms with Gasteiger partial charge in [-0.3, -0.25) is 15.0 Å². The van der Waals surface area contributed by atoms with Crippen LogP contribution in [0.1, 0.15) is 24.8 Å². The molecule has 6 heteroatoms. The number of nitro groups is 1. The molecule has 2 rings (SSSR count). The van der Waals surface area contributed by atoms with E-state index in [0.29, 0.717) is 25.0 Å². The number of nitrogens with two attached hydrogens (primary N) is 1. The zero-order valence-electron chi connectivity index (χ0n) is 11.6. The largest absolute Gasteiger partial charge is 0.330 e.